The maximum atomic E-state index is 12.4. The van der Waals surface area contributed by atoms with Crippen LogP contribution >= 0.6 is 15.9 Å². The third-order valence-electron chi connectivity index (χ3n) is 3.93. The first-order valence-electron chi connectivity index (χ1n) is 6.79. The van der Waals surface area contributed by atoms with Crippen LogP contribution in [0, 0.1) is 0 Å². The molecule has 0 spiro atoms. The van der Waals surface area contributed by atoms with Gasteiger partial charge in [0, 0.05) is 42.9 Å². The molecule has 0 fully saturated rings. The normalized spacial score (nSPS) is 14.2. The number of fused-ring (bicyclic) bond motifs is 1. The van der Waals surface area contributed by atoms with Gasteiger partial charge in [-0.2, -0.15) is 0 Å². The molecule has 2 aromatic rings. The second-order valence-corrected chi connectivity index (χ2v) is 6.09. The van der Waals surface area contributed by atoms with E-state index in [0.29, 0.717) is 6.42 Å². The van der Waals surface area contributed by atoms with Gasteiger partial charge in [0.1, 0.15) is 0 Å². The zero-order valence-electron chi connectivity index (χ0n) is 11.5. The second-order valence-electron chi connectivity index (χ2n) is 5.23. The first-order chi connectivity index (χ1) is 9.65. The van der Waals surface area contributed by atoms with Gasteiger partial charge in [0.15, 0.2) is 0 Å². The molecule has 1 aromatic carbocycles. The van der Waals surface area contributed by atoms with E-state index in [0.717, 1.165) is 29.5 Å². The predicted octanol–water partition coefficient (Wildman–Crippen LogP) is 2.92. The van der Waals surface area contributed by atoms with E-state index < -0.39 is 0 Å². The number of nitrogens with zero attached hydrogens (tertiary/aromatic N) is 2. The molecule has 1 aliphatic heterocycles. The summed E-state index contributed by atoms with van der Waals surface area (Å²) in [6.45, 7) is 1.55. The molecule has 0 radical (unpaired) electrons. The number of aryl methyl sites for hydroxylation is 1. The average Bonchev–Trinajstić information content (AvgIpc) is 2.82. The van der Waals surface area contributed by atoms with E-state index in [-0.39, 0.29) is 5.91 Å². The average molecular weight is 333 g/mol. The van der Waals surface area contributed by atoms with Crippen LogP contribution in [0.2, 0.25) is 0 Å². The van der Waals surface area contributed by atoms with Crippen LogP contribution in [0.5, 0.6) is 0 Å². The van der Waals surface area contributed by atoms with E-state index in [2.05, 4.69) is 39.8 Å². The minimum atomic E-state index is 0.200. The molecule has 0 bridgehead atoms. The molecule has 2 heterocycles. The van der Waals surface area contributed by atoms with Crippen molar-refractivity contribution in [1.29, 1.82) is 0 Å². The number of benzene rings is 1. The molecule has 1 aliphatic rings. The van der Waals surface area contributed by atoms with Gasteiger partial charge >= 0.3 is 0 Å². The van der Waals surface area contributed by atoms with Gasteiger partial charge in [-0.05, 0) is 23.3 Å². The molecule has 0 aliphatic carbocycles. The number of hydrogen-bond donors (Lipinski definition) is 0. The van der Waals surface area contributed by atoms with E-state index in [1.807, 2.05) is 29.2 Å². The van der Waals surface area contributed by atoms with Crippen LogP contribution in [0.25, 0.3) is 0 Å². The number of halogens is 1. The van der Waals surface area contributed by atoms with Gasteiger partial charge in [0.25, 0.3) is 0 Å². The molecule has 3 rings (SSSR count). The van der Waals surface area contributed by atoms with Gasteiger partial charge in [0.2, 0.25) is 5.91 Å². The van der Waals surface area contributed by atoms with Crippen LogP contribution in [0.15, 0.2) is 41.0 Å². The van der Waals surface area contributed by atoms with Gasteiger partial charge < -0.3 is 9.47 Å². The highest BCUT2D eigenvalue weighted by Crippen LogP contribution is 2.22. The molecule has 0 saturated heterocycles. The highest BCUT2D eigenvalue weighted by Gasteiger charge is 2.22. The summed E-state index contributed by atoms with van der Waals surface area (Å²) >= 11 is 3.50. The molecule has 0 unspecified atom stereocenters. The monoisotopic (exact) mass is 332 g/mol. The van der Waals surface area contributed by atoms with Crippen molar-refractivity contribution in [3.63, 3.8) is 0 Å². The smallest absolute Gasteiger partial charge is 0.227 e. The van der Waals surface area contributed by atoms with Crippen molar-refractivity contribution in [3.8, 4) is 0 Å². The van der Waals surface area contributed by atoms with Crippen molar-refractivity contribution >= 4 is 21.8 Å². The molecule has 4 heteroatoms. The van der Waals surface area contributed by atoms with Crippen LogP contribution < -0.4 is 0 Å². The maximum Gasteiger partial charge on any atom is 0.227 e. The SMILES string of the molecule is Cn1ccc2c1CCN(C(=O)Cc1ccccc1Br)C2. The van der Waals surface area contributed by atoms with Crippen molar-refractivity contribution in [2.75, 3.05) is 6.54 Å². The maximum absolute atomic E-state index is 12.4. The van der Waals surface area contributed by atoms with Crippen molar-refractivity contribution in [2.24, 2.45) is 7.05 Å². The first-order valence-corrected chi connectivity index (χ1v) is 7.58. The van der Waals surface area contributed by atoms with Crippen molar-refractivity contribution in [2.45, 2.75) is 19.4 Å². The Bertz CT molecular complexity index is 648. The molecule has 1 aromatic heterocycles. The highest BCUT2D eigenvalue weighted by molar-refractivity contribution is 9.10. The molecule has 0 atom stereocenters. The summed E-state index contributed by atoms with van der Waals surface area (Å²) in [5.41, 5.74) is 3.69. The Kier molecular flexibility index (Phi) is 3.66. The topological polar surface area (TPSA) is 25.2 Å². The Hall–Kier alpha value is -1.55. The van der Waals surface area contributed by atoms with E-state index in [1.54, 1.807) is 0 Å². The summed E-state index contributed by atoms with van der Waals surface area (Å²) in [5.74, 6) is 0.200. The number of carbonyl (C=O) groups is 1. The van der Waals surface area contributed by atoms with Crippen LogP contribution in [0.4, 0.5) is 0 Å². The quantitative estimate of drug-likeness (QED) is 0.830. The largest absolute Gasteiger partial charge is 0.354 e. The lowest BCUT2D eigenvalue weighted by atomic mass is 10.1. The lowest BCUT2D eigenvalue weighted by Crippen LogP contribution is -2.37. The molecule has 0 saturated carbocycles. The van der Waals surface area contributed by atoms with Crippen LogP contribution in [0.1, 0.15) is 16.8 Å². The summed E-state index contributed by atoms with van der Waals surface area (Å²) in [6, 6.07) is 10.0. The zero-order valence-corrected chi connectivity index (χ0v) is 13.1. The summed E-state index contributed by atoms with van der Waals surface area (Å²) in [4.78, 5) is 14.4. The molecule has 3 nitrogen and oxygen atoms in total. The summed E-state index contributed by atoms with van der Waals surface area (Å²) in [7, 11) is 2.07. The summed E-state index contributed by atoms with van der Waals surface area (Å²) < 4.78 is 3.16. The number of amides is 1. The first kappa shape index (κ1) is 13.4. The van der Waals surface area contributed by atoms with Crippen molar-refractivity contribution < 1.29 is 4.79 Å². The van der Waals surface area contributed by atoms with Gasteiger partial charge in [-0.1, -0.05) is 34.1 Å². The second kappa shape index (κ2) is 5.44. The molecular formula is C16H17BrN2O. The summed E-state index contributed by atoms with van der Waals surface area (Å²) in [6.07, 6.45) is 3.48. The van der Waals surface area contributed by atoms with Crippen LogP contribution in [-0.4, -0.2) is 21.9 Å². The minimum Gasteiger partial charge on any atom is -0.354 e. The molecule has 104 valence electrons. The number of aromatic nitrogens is 1. The minimum absolute atomic E-state index is 0.200. The predicted molar refractivity (Wildman–Crippen MR) is 82.4 cm³/mol. The Morgan fingerprint density at radius 1 is 1.30 bits per heavy atom. The molecule has 20 heavy (non-hydrogen) atoms. The molecular weight excluding hydrogens is 316 g/mol. The number of hydrogen-bond acceptors (Lipinski definition) is 1. The van der Waals surface area contributed by atoms with Gasteiger partial charge in [-0.3, -0.25) is 4.79 Å². The highest BCUT2D eigenvalue weighted by atomic mass is 79.9. The third kappa shape index (κ3) is 2.52. The third-order valence-corrected chi connectivity index (χ3v) is 4.70. The Morgan fingerprint density at radius 2 is 2.10 bits per heavy atom. The van der Waals surface area contributed by atoms with Gasteiger partial charge in [-0.25, -0.2) is 0 Å². The number of rotatable bonds is 2. The van der Waals surface area contributed by atoms with Gasteiger partial charge in [-0.15, -0.1) is 0 Å². The van der Waals surface area contributed by atoms with E-state index in [1.165, 1.54) is 11.3 Å². The van der Waals surface area contributed by atoms with E-state index in [4.69, 9.17) is 0 Å². The fourth-order valence-electron chi connectivity index (χ4n) is 2.75. The Morgan fingerprint density at radius 3 is 2.90 bits per heavy atom. The van der Waals surface area contributed by atoms with Crippen LogP contribution in [0.3, 0.4) is 0 Å². The van der Waals surface area contributed by atoms with Crippen molar-refractivity contribution in [1.82, 2.24) is 9.47 Å². The Labute approximate surface area is 127 Å². The molecule has 1 amide bonds. The lowest BCUT2D eigenvalue weighted by molar-refractivity contribution is -0.131. The van der Waals surface area contributed by atoms with Crippen molar-refractivity contribution in [3.05, 3.63) is 57.8 Å². The van der Waals surface area contributed by atoms with E-state index >= 15 is 0 Å². The number of carbonyl (C=O) groups excluding carboxylic acids is 1. The summed E-state index contributed by atoms with van der Waals surface area (Å²) in [5, 5.41) is 0. The fraction of sp³-hybridized carbons (Fsp3) is 0.312. The van der Waals surface area contributed by atoms with Crippen LogP contribution in [-0.2, 0) is 31.2 Å². The fourth-order valence-corrected chi connectivity index (χ4v) is 3.18. The standard InChI is InChI=1S/C16H17BrN2O/c1-18-8-6-13-11-19(9-7-15(13)18)16(20)10-12-4-2-3-5-14(12)17/h2-6,8H,7,9-11H2,1H3. The lowest BCUT2D eigenvalue weighted by Gasteiger charge is -2.28. The Balaban J connectivity index is 1.72. The van der Waals surface area contributed by atoms with E-state index in [9.17, 15) is 4.79 Å². The molecule has 0 N–H and O–H groups in total. The van der Waals surface area contributed by atoms with Gasteiger partial charge in [0.05, 0.1) is 6.42 Å². The zero-order chi connectivity index (χ0) is 14.1.